The molecule has 0 spiro atoms. The van der Waals surface area contributed by atoms with Gasteiger partial charge in [-0.25, -0.2) is 4.39 Å². The van der Waals surface area contributed by atoms with E-state index < -0.39 is 0 Å². The molecule has 0 saturated heterocycles. The summed E-state index contributed by atoms with van der Waals surface area (Å²) in [7, 11) is 1.78. The molecule has 0 aliphatic carbocycles. The maximum Gasteiger partial charge on any atom is 0.227 e. The van der Waals surface area contributed by atoms with Gasteiger partial charge in [0.15, 0.2) is 0 Å². The first-order chi connectivity index (χ1) is 9.54. The predicted octanol–water partition coefficient (Wildman–Crippen LogP) is 3.34. The van der Waals surface area contributed by atoms with E-state index >= 15 is 0 Å². The number of carbonyl (C=O) groups is 1. The maximum absolute atomic E-state index is 12.8. The van der Waals surface area contributed by atoms with E-state index in [9.17, 15) is 9.18 Å². The van der Waals surface area contributed by atoms with Crippen molar-refractivity contribution >= 4 is 5.91 Å². The van der Waals surface area contributed by atoms with Crippen LogP contribution in [0.25, 0.3) is 0 Å². The van der Waals surface area contributed by atoms with Gasteiger partial charge in [0.25, 0.3) is 0 Å². The Morgan fingerprint density at radius 3 is 2.15 bits per heavy atom. The van der Waals surface area contributed by atoms with Gasteiger partial charge in [-0.3, -0.25) is 4.79 Å². The molecule has 1 amide bonds. The van der Waals surface area contributed by atoms with E-state index in [2.05, 4.69) is 0 Å². The normalized spacial score (nSPS) is 10.3. The summed E-state index contributed by atoms with van der Waals surface area (Å²) in [6.07, 6.45) is 0.294. The van der Waals surface area contributed by atoms with E-state index in [1.807, 2.05) is 31.2 Å². The lowest BCUT2D eigenvalue weighted by Crippen LogP contribution is -2.27. The van der Waals surface area contributed by atoms with Gasteiger partial charge in [-0.05, 0) is 30.2 Å². The summed E-state index contributed by atoms with van der Waals surface area (Å²) < 4.78 is 12.8. The van der Waals surface area contributed by atoms with Crippen LogP contribution >= 0.6 is 0 Å². The summed E-state index contributed by atoms with van der Waals surface area (Å²) in [5.74, 6) is -0.258. The lowest BCUT2D eigenvalue weighted by molar-refractivity contribution is -0.129. The average molecular weight is 271 g/mol. The van der Waals surface area contributed by atoms with Crippen LogP contribution in [0.15, 0.2) is 48.5 Å². The van der Waals surface area contributed by atoms with Crippen LogP contribution in [0, 0.1) is 12.7 Å². The Hall–Kier alpha value is -2.16. The lowest BCUT2D eigenvalue weighted by atomic mass is 10.1. The highest BCUT2D eigenvalue weighted by Gasteiger charge is 2.10. The Labute approximate surface area is 118 Å². The molecule has 0 aliphatic rings. The number of amides is 1. The predicted molar refractivity (Wildman–Crippen MR) is 77.8 cm³/mol. The number of rotatable bonds is 4. The van der Waals surface area contributed by atoms with Crippen molar-refractivity contribution in [3.8, 4) is 0 Å². The first-order valence-corrected chi connectivity index (χ1v) is 6.58. The number of hydrogen-bond donors (Lipinski definition) is 0. The van der Waals surface area contributed by atoms with E-state index in [1.165, 1.54) is 17.7 Å². The maximum atomic E-state index is 12.8. The van der Waals surface area contributed by atoms with Gasteiger partial charge in [0.1, 0.15) is 5.82 Å². The third-order valence-corrected chi connectivity index (χ3v) is 3.23. The molecule has 0 bridgehead atoms. The lowest BCUT2D eigenvalue weighted by Gasteiger charge is -2.17. The van der Waals surface area contributed by atoms with E-state index in [0.717, 1.165) is 11.1 Å². The minimum absolute atomic E-state index is 0.0252. The fraction of sp³-hybridized carbons (Fsp3) is 0.235. The third-order valence-electron chi connectivity index (χ3n) is 3.23. The Bertz CT molecular complexity index is 575. The molecule has 2 rings (SSSR count). The third kappa shape index (κ3) is 3.92. The number of hydrogen-bond acceptors (Lipinski definition) is 1. The van der Waals surface area contributed by atoms with Crippen LogP contribution in [0.3, 0.4) is 0 Å². The van der Waals surface area contributed by atoms with Crippen molar-refractivity contribution < 1.29 is 9.18 Å². The molecule has 104 valence electrons. The fourth-order valence-electron chi connectivity index (χ4n) is 1.97. The van der Waals surface area contributed by atoms with E-state index in [4.69, 9.17) is 0 Å². The standard InChI is InChI=1S/C17H18FNO/c1-13-3-5-15(6-4-13)12-19(2)17(20)11-14-7-9-16(18)10-8-14/h3-10H,11-12H2,1-2H3. The second-order valence-electron chi connectivity index (χ2n) is 5.04. The smallest absolute Gasteiger partial charge is 0.227 e. The SMILES string of the molecule is Cc1ccc(CN(C)C(=O)Cc2ccc(F)cc2)cc1. The molecule has 0 atom stereocenters. The van der Waals surface area contributed by atoms with E-state index in [0.29, 0.717) is 13.0 Å². The van der Waals surface area contributed by atoms with Gasteiger partial charge >= 0.3 is 0 Å². The van der Waals surface area contributed by atoms with Gasteiger partial charge in [0.05, 0.1) is 6.42 Å². The van der Waals surface area contributed by atoms with Crippen LogP contribution < -0.4 is 0 Å². The van der Waals surface area contributed by atoms with Gasteiger partial charge in [-0.15, -0.1) is 0 Å². The number of carbonyl (C=O) groups excluding carboxylic acids is 1. The number of likely N-dealkylation sites (N-methyl/N-ethyl adjacent to an activating group) is 1. The van der Waals surface area contributed by atoms with Crippen molar-refractivity contribution in [3.05, 3.63) is 71.0 Å². The highest BCUT2D eigenvalue weighted by atomic mass is 19.1. The Balaban J connectivity index is 1.94. The van der Waals surface area contributed by atoms with Crippen molar-refractivity contribution in [2.75, 3.05) is 7.05 Å². The quantitative estimate of drug-likeness (QED) is 0.835. The van der Waals surface area contributed by atoms with Gasteiger partial charge in [0, 0.05) is 13.6 Å². The molecule has 2 nitrogen and oxygen atoms in total. The summed E-state index contributed by atoms with van der Waals surface area (Å²) in [6, 6.07) is 14.2. The second-order valence-corrected chi connectivity index (χ2v) is 5.04. The van der Waals surface area contributed by atoms with Crippen LogP contribution in [0.4, 0.5) is 4.39 Å². The summed E-state index contributed by atoms with van der Waals surface area (Å²) >= 11 is 0. The van der Waals surface area contributed by atoms with Crippen LogP contribution in [-0.2, 0) is 17.8 Å². The monoisotopic (exact) mass is 271 g/mol. The summed E-state index contributed by atoms with van der Waals surface area (Å²) in [4.78, 5) is 13.8. The van der Waals surface area contributed by atoms with Crippen LogP contribution in [0.1, 0.15) is 16.7 Å². The van der Waals surface area contributed by atoms with Crippen molar-refractivity contribution in [2.24, 2.45) is 0 Å². The van der Waals surface area contributed by atoms with E-state index in [1.54, 1.807) is 24.1 Å². The average Bonchev–Trinajstić information content (AvgIpc) is 2.44. The molecular weight excluding hydrogens is 253 g/mol. The minimum Gasteiger partial charge on any atom is -0.341 e. The number of benzene rings is 2. The van der Waals surface area contributed by atoms with Gasteiger partial charge in [-0.1, -0.05) is 42.0 Å². The minimum atomic E-state index is -0.283. The molecule has 0 unspecified atom stereocenters. The molecule has 2 aromatic carbocycles. The number of nitrogens with zero attached hydrogens (tertiary/aromatic N) is 1. The van der Waals surface area contributed by atoms with Gasteiger partial charge < -0.3 is 4.90 Å². The number of aryl methyl sites for hydroxylation is 1. The molecule has 0 fully saturated rings. The Kier molecular flexibility index (Phi) is 4.51. The van der Waals surface area contributed by atoms with Crippen molar-refractivity contribution in [3.63, 3.8) is 0 Å². The van der Waals surface area contributed by atoms with Crippen LogP contribution in [0.2, 0.25) is 0 Å². The zero-order chi connectivity index (χ0) is 14.5. The molecule has 3 heteroatoms. The molecule has 0 heterocycles. The molecule has 0 saturated carbocycles. The molecular formula is C17H18FNO. The molecule has 20 heavy (non-hydrogen) atoms. The zero-order valence-corrected chi connectivity index (χ0v) is 11.8. The number of halogens is 1. The summed E-state index contributed by atoms with van der Waals surface area (Å²) in [5.41, 5.74) is 3.13. The van der Waals surface area contributed by atoms with Gasteiger partial charge in [0.2, 0.25) is 5.91 Å². The topological polar surface area (TPSA) is 20.3 Å². The summed E-state index contributed by atoms with van der Waals surface area (Å²) in [6.45, 7) is 2.62. The van der Waals surface area contributed by atoms with E-state index in [-0.39, 0.29) is 11.7 Å². The fourth-order valence-corrected chi connectivity index (χ4v) is 1.97. The van der Waals surface area contributed by atoms with Crippen molar-refractivity contribution in [1.29, 1.82) is 0 Å². The van der Waals surface area contributed by atoms with Crippen molar-refractivity contribution in [1.82, 2.24) is 4.90 Å². The molecule has 0 N–H and O–H groups in total. The molecule has 0 aliphatic heterocycles. The first kappa shape index (κ1) is 14.3. The highest BCUT2D eigenvalue weighted by molar-refractivity contribution is 5.78. The Morgan fingerprint density at radius 1 is 1.00 bits per heavy atom. The van der Waals surface area contributed by atoms with Crippen LogP contribution in [-0.4, -0.2) is 17.9 Å². The second kappa shape index (κ2) is 6.33. The van der Waals surface area contributed by atoms with Gasteiger partial charge in [-0.2, -0.15) is 0 Å². The van der Waals surface area contributed by atoms with Crippen LogP contribution in [0.5, 0.6) is 0 Å². The summed E-state index contributed by atoms with van der Waals surface area (Å²) in [5, 5.41) is 0. The zero-order valence-electron chi connectivity index (χ0n) is 11.8. The largest absolute Gasteiger partial charge is 0.341 e. The highest BCUT2D eigenvalue weighted by Crippen LogP contribution is 2.09. The molecule has 0 aromatic heterocycles. The molecule has 0 radical (unpaired) electrons. The first-order valence-electron chi connectivity index (χ1n) is 6.58. The Morgan fingerprint density at radius 2 is 1.55 bits per heavy atom. The van der Waals surface area contributed by atoms with Crippen molar-refractivity contribution in [2.45, 2.75) is 19.9 Å². The molecule has 2 aromatic rings.